The molecule has 2 unspecified atom stereocenters. The number of hydrogen-bond acceptors (Lipinski definition) is 4. The zero-order valence-corrected chi connectivity index (χ0v) is 15.0. The fourth-order valence-electron chi connectivity index (χ4n) is 2.55. The van der Waals surface area contributed by atoms with E-state index in [1.54, 1.807) is 11.3 Å². The Morgan fingerprint density at radius 3 is 2.67 bits per heavy atom. The third-order valence-electron chi connectivity index (χ3n) is 3.80. The van der Waals surface area contributed by atoms with Crippen LogP contribution in [-0.2, 0) is 11.2 Å². The number of carbonyl (C=O) groups is 1. The quantitative estimate of drug-likeness (QED) is 0.874. The fraction of sp³-hybridized carbons (Fsp3) is 0.714. The first kappa shape index (κ1) is 20.6. The number of hydrogen-bond donors (Lipinski definition) is 2. The van der Waals surface area contributed by atoms with Gasteiger partial charge in [0, 0.05) is 29.8 Å². The van der Waals surface area contributed by atoms with Gasteiger partial charge >= 0.3 is 0 Å². The molecular weight excluding hydrogens is 329 g/mol. The highest BCUT2D eigenvalue weighted by molar-refractivity contribution is 7.11. The van der Waals surface area contributed by atoms with E-state index in [-0.39, 0.29) is 42.7 Å². The molecule has 1 aliphatic rings. The molecule has 0 bridgehead atoms. The SMILES string of the molecule is Cc1nc(CCNC(=O)C2CCCC(N)C2)sc1C.Cl.Cl. The van der Waals surface area contributed by atoms with E-state index in [1.165, 1.54) is 4.88 Å². The number of carbonyl (C=O) groups excluding carboxylic acids is 1. The Morgan fingerprint density at radius 2 is 2.10 bits per heavy atom. The van der Waals surface area contributed by atoms with Crippen LogP contribution in [0, 0.1) is 19.8 Å². The lowest BCUT2D eigenvalue weighted by Crippen LogP contribution is -2.38. The van der Waals surface area contributed by atoms with Gasteiger partial charge in [-0.25, -0.2) is 4.98 Å². The minimum Gasteiger partial charge on any atom is -0.355 e. The lowest BCUT2D eigenvalue weighted by Gasteiger charge is -2.25. The van der Waals surface area contributed by atoms with Crippen LogP contribution in [0.5, 0.6) is 0 Å². The van der Waals surface area contributed by atoms with Crippen LogP contribution in [0.3, 0.4) is 0 Å². The van der Waals surface area contributed by atoms with Crippen molar-refractivity contribution in [2.45, 2.75) is 52.0 Å². The highest BCUT2D eigenvalue weighted by Crippen LogP contribution is 2.23. The van der Waals surface area contributed by atoms with Crippen LogP contribution in [0.15, 0.2) is 0 Å². The summed E-state index contributed by atoms with van der Waals surface area (Å²) >= 11 is 1.72. The molecule has 2 atom stereocenters. The molecule has 0 aromatic carbocycles. The molecule has 1 fully saturated rings. The minimum absolute atomic E-state index is 0. The predicted molar refractivity (Wildman–Crippen MR) is 92.7 cm³/mol. The Kier molecular flexibility index (Phi) is 9.45. The molecule has 3 N–H and O–H groups in total. The second kappa shape index (κ2) is 9.62. The number of halogens is 2. The van der Waals surface area contributed by atoms with E-state index in [0.717, 1.165) is 42.8 Å². The molecule has 1 amide bonds. The van der Waals surface area contributed by atoms with E-state index >= 15 is 0 Å². The molecule has 0 aliphatic heterocycles. The van der Waals surface area contributed by atoms with E-state index in [4.69, 9.17) is 5.73 Å². The van der Waals surface area contributed by atoms with Gasteiger partial charge in [-0.2, -0.15) is 0 Å². The first-order valence-electron chi connectivity index (χ1n) is 7.02. The summed E-state index contributed by atoms with van der Waals surface area (Å²) in [5.41, 5.74) is 7.02. The summed E-state index contributed by atoms with van der Waals surface area (Å²) in [5.74, 6) is 0.281. The molecule has 1 heterocycles. The highest BCUT2D eigenvalue weighted by Gasteiger charge is 2.24. The van der Waals surface area contributed by atoms with Crippen molar-refractivity contribution in [2.75, 3.05) is 6.54 Å². The summed E-state index contributed by atoms with van der Waals surface area (Å²) in [4.78, 5) is 17.8. The standard InChI is InChI=1S/C14H23N3OS.2ClH/c1-9-10(2)19-13(17-9)6-7-16-14(18)11-4-3-5-12(15)8-11;;/h11-12H,3-8,15H2,1-2H3,(H,16,18);2*1H. The Bertz CT molecular complexity index is 434. The van der Waals surface area contributed by atoms with E-state index < -0.39 is 0 Å². The lowest BCUT2D eigenvalue weighted by molar-refractivity contribution is -0.126. The maximum absolute atomic E-state index is 12.0. The van der Waals surface area contributed by atoms with E-state index in [1.807, 2.05) is 6.92 Å². The minimum atomic E-state index is 0. The average molecular weight is 354 g/mol. The van der Waals surface area contributed by atoms with Crippen LogP contribution in [0.25, 0.3) is 0 Å². The maximum atomic E-state index is 12.0. The van der Waals surface area contributed by atoms with Gasteiger partial charge in [0.2, 0.25) is 5.91 Å². The number of thiazole rings is 1. The van der Waals surface area contributed by atoms with Crippen LogP contribution in [0.2, 0.25) is 0 Å². The third-order valence-corrected chi connectivity index (χ3v) is 4.93. The first-order valence-corrected chi connectivity index (χ1v) is 7.84. The van der Waals surface area contributed by atoms with Gasteiger partial charge in [-0.1, -0.05) is 6.42 Å². The van der Waals surface area contributed by atoms with Crippen molar-refractivity contribution in [1.29, 1.82) is 0 Å². The summed E-state index contributed by atoms with van der Waals surface area (Å²) < 4.78 is 0. The van der Waals surface area contributed by atoms with Gasteiger partial charge in [0.05, 0.1) is 10.7 Å². The van der Waals surface area contributed by atoms with Gasteiger partial charge in [-0.15, -0.1) is 36.2 Å². The lowest BCUT2D eigenvalue weighted by atomic mass is 9.85. The number of nitrogens with two attached hydrogens (primary N) is 1. The molecule has 1 aromatic heterocycles. The fourth-order valence-corrected chi connectivity index (χ4v) is 3.48. The van der Waals surface area contributed by atoms with Crippen LogP contribution in [0.1, 0.15) is 41.3 Å². The predicted octanol–water partition coefficient (Wildman–Crippen LogP) is 2.78. The molecule has 2 rings (SSSR count). The molecule has 0 radical (unpaired) electrons. The summed E-state index contributed by atoms with van der Waals surface area (Å²) in [7, 11) is 0. The average Bonchev–Trinajstić information content (AvgIpc) is 2.68. The van der Waals surface area contributed by atoms with Crippen LogP contribution in [-0.4, -0.2) is 23.5 Å². The van der Waals surface area contributed by atoms with Crippen molar-refractivity contribution in [2.24, 2.45) is 11.7 Å². The zero-order chi connectivity index (χ0) is 13.8. The maximum Gasteiger partial charge on any atom is 0.223 e. The van der Waals surface area contributed by atoms with E-state index in [9.17, 15) is 4.79 Å². The van der Waals surface area contributed by atoms with Gasteiger partial charge in [0.1, 0.15) is 0 Å². The summed E-state index contributed by atoms with van der Waals surface area (Å²) in [6.45, 7) is 4.78. The van der Waals surface area contributed by atoms with Gasteiger partial charge < -0.3 is 11.1 Å². The zero-order valence-electron chi connectivity index (χ0n) is 12.6. The second-order valence-electron chi connectivity index (χ2n) is 5.41. The number of amides is 1. The number of aromatic nitrogens is 1. The smallest absolute Gasteiger partial charge is 0.223 e. The van der Waals surface area contributed by atoms with Crippen molar-refractivity contribution in [3.8, 4) is 0 Å². The van der Waals surface area contributed by atoms with Crippen LogP contribution < -0.4 is 11.1 Å². The number of aryl methyl sites for hydroxylation is 2. The Hall–Kier alpha value is -0.360. The Balaban J connectivity index is 0.00000200. The van der Waals surface area contributed by atoms with Gasteiger partial charge in [-0.05, 0) is 33.1 Å². The monoisotopic (exact) mass is 353 g/mol. The molecule has 1 aromatic rings. The molecule has 1 saturated carbocycles. The summed E-state index contributed by atoms with van der Waals surface area (Å²) in [6.07, 6.45) is 4.77. The van der Waals surface area contributed by atoms with Crippen molar-refractivity contribution in [3.63, 3.8) is 0 Å². The number of nitrogens with zero attached hydrogens (tertiary/aromatic N) is 1. The van der Waals surface area contributed by atoms with Crippen LogP contribution >= 0.6 is 36.2 Å². The Morgan fingerprint density at radius 1 is 1.38 bits per heavy atom. The summed E-state index contributed by atoms with van der Waals surface area (Å²) in [5, 5.41) is 4.13. The first-order chi connectivity index (χ1) is 9.06. The Labute approximate surface area is 143 Å². The largest absolute Gasteiger partial charge is 0.355 e. The molecule has 0 spiro atoms. The third kappa shape index (κ3) is 6.10. The summed E-state index contributed by atoms with van der Waals surface area (Å²) in [6, 6.07) is 0.203. The van der Waals surface area contributed by atoms with E-state index in [2.05, 4.69) is 17.2 Å². The normalized spacial score (nSPS) is 21.1. The topological polar surface area (TPSA) is 68.0 Å². The van der Waals surface area contributed by atoms with Crippen LogP contribution in [0.4, 0.5) is 0 Å². The number of rotatable bonds is 4. The van der Waals surface area contributed by atoms with Crippen molar-refractivity contribution < 1.29 is 4.79 Å². The molecule has 1 aliphatic carbocycles. The molecule has 7 heteroatoms. The van der Waals surface area contributed by atoms with Crippen molar-refractivity contribution in [1.82, 2.24) is 10.3 Å². The van der Waals surface area contributed by atoms with Gasteiger partial charge in [0.25, 0.3) is 0 Å². The second-order valence-corrected chi connectivity index (χ2v) is 6.70. The van der Waals surface area contributed by atoms with Crippen molar-refractivity contribution in [3.05, 3.63) is 15.6 Å². The molecule has 122 valence electrons. The molecular formula is C14H25Cl2N3OS. The number of nitrogens with one attached hydrogen (secondary N) is 1. The van der Waals surface area contributed by atoms with E-state index in [0.29, 0.717) is 6.54 Å². The van der Waals surface area contributed by atoms with Crippen molar-refractivity contribution >= 4 is 42.1 Å². The highest BCUT2D eigenvalue weighted by atomic mass is 35.5. The van der Waals surface area contributed by atoms with Gasteiger partial charge in [0.15, 0.2) is 0 Å². The van der Waals surface area contributed by atoms with Gasteiger partial charge in [-0.3, -0.25) is 4.79 Å². The molecule has 21 heavy (non-hydrogen) atoms. The molecule has 0 saturated heterocycles. The molecule has 4 nitrogen and oxygen atoms in total.